The van der Waals surface area contributed by atoms with Gasteiger partial charge in [-0.2, -0.15) is 0 Å². The Labute approximate surface area is 85.3 Å². The molecule has 15 heavy (non-hydrogen) atoms. The van der Waals surface area contributed by atoms with Gasteiger partial charge in [0.05, 0.1) is 12.8 Å². The van der Waals surface area contributed by atoms with Gasteiger partial charge >= 0.3 is 0 Å². The zero-order valence-electron chi connectivity index (χ0n) is 7.84. The Morgan fingerprint density at radius 1 is 1.13 bits per heavy atom. The highest BCUT2D eigenvalue weighted by atomic mass is 19.1. The van der Waals surface area contributed by atoms with E-state index >= 15 is 0 Å². The molecule has 1 aromatic carbocycles. The summed E-state index contributed by atoms with van der Waals surface area (Å²) in [5.74, 6) is -0.719. The zero-order chi connectivity index (χ0) is 10.8. The second kappa shape index (κ2) is 3.82. The number of benzene rings is 1. The highest BCUT2D eigenvalue weighted by Crippen LogP contribution is 2.26. The second-order valence-electron chi connectivity index (χ2n) is 3.12. The molecule has 1 aromatic heterocycles. The number of halogens is 2. The van der Waals surface area contributed by atoms with Crippen LogP contribution in [0.15, 0.2) is 34.9 Å². The van der Waals surface area contributed by atoms with Crippen molar-refractivity contribution in [3.63, 3.8) is 0 Å². The van der Waals surface area contributed by atoms with Gasteiger partial charge in [0.2, 0.25) is 0 Å². The van der Waals surface area contributed by atoms with Crippen molar-refractivity contribution in [3.05, 3.63) is 47.9 Å². The Hall–Kier alpha value is -1.68. The lowest BCUT2D eigenvalue weighted by Gasteiger charge is -2.01. The summed E-state index contributed by atoms with van der Waals surface area (Å²) in [5, 5.41) is 0. The van der Waals surface area contributed by atoms with E-state index in [0.717, 1.165) is 6.07 Å². The van der Waals surface area contributed by atoms with Crippen LogP contribution in [0.5, 0.6) is 0 Å². The zero-order valence-corrected chi connectivity index (χ0v) is 7.84. The molecule has 0 bridgehead atoms. The fraction of sp³-hybridized carbons (Fsp3) is 0.0909. The van der Waals surface area contributed by atoms with Crippen molar-refractivity contribution in [3.8, 4) is 11.1 Å². The van der Waals surface area contributed by atoms with Crippen LogP contribution in [0.25, 0.3) is 11.1 Å². The molecule has 0 saturated heterocycles. The lowest BCUT2D eigenvalue weighted by atomic mass is 10.1. The fourth-order valence-corrected chi connectivity index (χ4v) is 1.47. The molecule has 0 atom stereocenters. The summed E-state index contributed by atoms with van der Waals surface area (Å²) in [4.78, 5) is 0. The minimum absolute atomic E-state index is 0.195. The van der Waals surface area contributed by atoms with E-state index in [1.807, 2.05) is 0 Å². The van der Waals surface area contributed by atoms with Crippen molar-refractivity contribution in [2.75, 3.05) is 0 Å². The Morgan fingerprint density at radius 2 is 1.80 bits per heavy atom. The van der Waals surface area contributed by atoms with E-state index < -0.39 is 11.6 Å². The van der Waals surface area contributed by atoms with Gasteiger partial charge < -0.3 is 10.2 Å². The minimum Gasteiger partial charge on any atom is -0.467 e. The Kier molecular flexibility index (Phi) is 2.51. The van der Waals surface area contributed by atoms with Gasteiger partial charge in [0.15, 0.2) is 0 Å². The molecule has 2 aromatic rings. The molecule has 0 amide bonds. The van der Waals surface area contributed by atoms with Gasteiger partial charge in [-0.05, 0) is 23.8 Å². The molecule has 0 unspecified atom stereocenters. The lowest BCUT2D eigenvalue weighted by molar-refractivity contribution is 0.513. The Balaban J connectivity index is 2.53. The topological polar surface area (TPSA) is 39.2 Å². The standard InChI is InChI=1S/C11H9F2NO/c12-8-3-7(4-9(13)5-8)10-1-2-15-11(10)6-14/h1-5H,6,14H2. The number of hydrogen-bond donors (Lipinski definition) is 1. The number of rotatable bonds is 2. The molecule has 0 aliphatic rings. The van der Waals surface area contributed by atoms with Crippen molar-refractivity contribution in [2.45, 2.75) is 6.54 Å². The molecule has 2 nitrogen and oxygen atoms in total. The monoisotopic (exact) mass is 209 g/mol. The van der Waals surface area contributed by atoms with E-state index in [0.29, 0.717) is 16.9 Å². The molecule has 2 N–H and O–H groups in total. The maximum atomic E-state index is 13.0. The van der Waals surface area contributed by atoms with Crippen LogP contribution >= 0.6 is 0 Å². The number of nitrogens with two attached hydrogens (primary N) is 1. The van der Waals surface area contributed by atoms with Gasteiger partial charge in [0, 0.05) is 11.6 Å². The second-order valence-corrected chi connectivity index (χ2v) is 3.12. The third-order valence-corrected chi connectivity index (χ3v) is 2.10. The van der Waals surface area contributed by atoms with E-state index in [4.69, 9.17) is 10.2 Å². The molecule has 1 heterocycles. The van der Waals surface area contributed by atoms with Crippen LogP contribution in [0.4, 0.5) is 8.78 Å². The van der Waals surface area contributed by atoms with Gasteiger partial charge in [-0.15, -0.1) is 0 Å². The molecule has 2 rings (SSSR count). The third kappa shape index (κ3) is 1.89. The minimum atomic E-state index is -0.617. The molecular formula is C11H9F2NO. The highest BCUT2D eigenvalue weighted by molar-refractivity contribution is 5.65. The summed E-state index contributed by atoms with van der Waals surface area (Å²) in [7, 11) is 0. The van der Waals surface area contributed by atoms with Crippen LogP contribution in [0.2, 0.25) is 0 Å². The summed E-state index contributed by atoms with van der Waals surface area (Å²) >= 11 is 0. The lowest BCUT2D eigenvalue weighted by Crippen LogP contribution is -1.96. The maximum Gasteiger partial charge on any atom is 0.126 e. The van der Waals surface area contributed by atoms with Crippen LogP contribution in [0, 0.1) is 11.6 Å². The van der Waals surface area contributed by atoms with Crippen molar-refractivity contribution >= 4 is 0 Å². The first kappa shape index (κ1) is 9.86. The van der Waals surface area contributed by atoms with E-state index in [2.05, 4.69) is 0 Å². The van der Waals surface area contributed by atoms with Crippen molar-refractivity contribution < 1.29 is 13.2 Å². The number of hydrogen-bond acceptors (Lipinski definition) is 2. The van der Waals surface area contributed by atoms with E-state index in [1.165, 1.54) is 18.4 Å². The number of furan rings is 1. The molecule has 4 heteroatoms. The first-order valence-corrected chi connectivity index (χ1v) is 4.43. The Bertz CT molecular complexity index is 459. The van der Waals surface area contributed by atoms with Crippen LogP contribution in [0.3, 0.4) is 0 Å². The van der Waals surface area contributed by atoms with Crippen molar-refractivity contribution in [2.24, 2.45) is 5.73 Å². The molecule has 0 saturated carbocycles. The molecule has 0 fully saturated rings. The predicted octanol–water partition coefficient (Wildman–Crippen LogP) is 2.68. The summed E-state index contributed by atoms with van der Waals surface area (Å²) in [5.41, 5.74) is 6.48. The molecular weight excluding hydrogens is 200 g/mol. The molecule has 0 radical (unpaired) electrons. The summed E-state index contributed by atoms with van der Waals surface area (Å²) in [6.07, 6.45) is 1.44. The quantitative estimate of drug-likeness (QED) is 0.825. The summed E-state index contributed by atoms with van der Waals surface area (Å²) in [6, 6.07) is 4.95. The van der Waals surface area contributed by atoms with E-state index in [-0.39, 0.29) is 6.54 Å². The normalized spacial score (nSPS) is 10.6. The van der Waals surface area contributed by atoms with Gasteiger partial charge in [-0.25, -0.2) is 8.78 Å². The van der Waals surface area contributed by atoms with Crippen LogP contribution in [-0.2, 0) is 6.54 Å². The third-order valence-electron chi connectivity index (χ3n) is 2.10. The van der Waals surface area contributed by atoms with Crippen LogP contribution in [-0.4, -0.2) is 0 Å². The van der Waals surface area contributed by atoms with Crippen molar-refractivity contribution in [1.29, 1.82) is 0 Å². The predicted molar refractivity (Wildman–Crippen MR) is 52.0 cm³/mol. The first-order chi connectivity index (χ1) is 7.20. The van der Waals surface area contributed by atoms with Gasteiger partial charge in [-0.1, -0.05) is 0 Å². The average Bonchev–Trinajstić information content (AvgIpc) is 2.63. The largest absolute Gasteiger partial charge is 0.467 e. The smallest absolute Gasteiger partial charge is 0.126 e. The van der Waals surface area contributed by atoms with Crippen molar-refractivity contribution in [1.82, 2.24) is 0 Å². The SMILES string of the molecule is NCc1occc1-c1cc(F)cc(F)c1. The summed E-state index contributed by atoms with van der Waals surface area (Å²) < 4.78 is 31.0. The molecule has 0 aliphatic carbocycles. The molecule has 78 valence electrons. The van der Waals surface area contributed by atoms with Gasteiger partial charge in [0.1, 0.15) is 17.4 Å². The van der Waals surface area contributed by atoms with Gasteiger partial charge in [-0.3, -0.25) is 0 Å². The average molecular weight is 209 g/mol. The van der Waals surface area contributed by atoms with E-state index in [1.54, 1.807) is 6.07 Å². The van der Waals surface area contributed by atoms with Crippen LogP contribution < -0.4 is 5.73 Å². The molecule has 0 spiro atoms. The first-order valence-electron chi connectivity index (χ1n) is 4.43. The fourth-order valence-electron chi connectivity index (χ4n) is 1.47. The summed E-state index contributed by atoms with van der Waals surface area (Å²) in [6.45, 7) is 0.195. The van der Waals surface area contributed by atoms with Crippen LogP contribution in [0.1, 0.15) is 5.76 Å². The Morgan fingerprint density at radius 3 is 2.40 bits per heavy atom. The highest BCUT2D eigenvalue weighted by Gasteiger charge is 2.09. The maximum absolute atomic E-state index is 13.0. The van der Waals surface area contributed by atoms with Gasteiger partial charge in [0.25, 0.3) is 0 Å². The molecule has 0 aliphatic heterocycles. The van der Waals surface area contributed by atoms with E-state index in [9.17, 15) is 8.78 Å².